The summed E-state index contributed by atoms with van der Waals surface area (Å²) >= 11 is 2.00. The van der Waals surface area contributed by atoms with Crippen molar-refractivity contribution in [2.75, 3.05) is 19.5 Å². The van der Waals surface area contributed by atoms with Gasteiger partial charge in [-0.2, -0.15) is 11.8 Å². The van der Waals surface area contributed by atoms with Crippen LogP contribution >= 0.6 is 11.8 Å². The monoisotopic (exact) mass is 279 g/mol. The van der Waals surface area contributed by atoms with Crippen LogP contribution in [0.25, 0.3) is 0 Å². The Labute approximate surface area is 119 Å². The first kappa shape index (κ1) is 13.1. The minimum atomic E-state index is 0.655. The minimum Gasteiger partial charge on any atom is -0.486 e. The van der Waals surface area contributed by atoms with Gasteiger partial charge in [-0.1, -0.05) is 6.07 Å². The molecule has 2 unspecified atom stereocenters. The predicted octanol–water partition coefficient (Wildman–Crippen LogP) is 2.83. The maximum atomic E-state index is 5.61. The van der Waals surface area contributed by atoms with Crippen LogP contribution in [0.2, 0.25) is 0 Å². The third kappa shape index (κ3) is 3.18. The molecule has 1 aromatic carbocycles. The Morgan fingerprint density at radius 1 is 1.21 bits per heavy atom. The molecule has 1 N–H and O–H groups in total. The first-order valence-electron chi connectivity index (χ1n) is 7.00. The average Bonchev–Trinajstić information content (AvgIpc) is 2.93. The fraction of sp³-hybridized carbons (Fsp3) is 0.600. The van der Waals surface area contributed by atoms with Crippen LogP contribution in [0.4, 0.5) is 0 Å². The average molecular weight is 279 g/mol. The van der Waals surface area contributed by atoms with E-state index in [-0.39, 0.29) is 0 Å². The molecule has 0 amide bonds. The molecule has 0 saturated heterocycles. The number of rotatable bonds is 4. The van der Waals surface area contributed by atoms with E-state index in [2.05, 4.69) is 23.7 Å². The Hall–Kier alpha value is -0.870. The van der Waals surface area contributed by atoms with E-state index in [9.17, 15) is 0 Å². The van der Waals surface area contributed by atoms with E-state index in [0.717, 1.165) is 23.3 Å². The van der Waals surface area contributed by atoms with Gasteiger partial charge in [0.05, 0.1) is 0 Å². The number of hydrogen-bond donors (Lipinski definition) is 1. The van der Waals surface area contributed by atoms with Crippen molar-refractivity contribution in [3.63, 3.8) is 0 Å². The second-order valence-electron chi connectivity index (χ2n) is 5.23. The summed E-state index contributed by atoms with van der Waals surface area (Å²) in [5.74, 6) is 1.76. The fourth-order valence-corrected chi connectivity index (χ4v) is 3.60. The van der Waals surface area contributed by atoms with Gasteiger partial charge in [0.25, 0.3) is 0 Å². The molecule has 1 fully saturated rings. The largest absolute Gasteiger partial charge is 0.486 e. The van der Waals surface area contributed by atoms with E-state index in [1.165, 1.54) is 24.8 Å². The van der Waals surface area contributed by atoms with Crippen LogP contribution in [-0.2, 0) is 6.54 Å². The van der Waals surface area contributed by atoms with Crippen LogP contribution < -0.4 is 14.8 Å². The Kier molecular flexibility index (Phi) is 4.18. The van der Waals surface area contributed by atoms with Crippen LogP contribution in [0.15, 0.2) is 18.2 Å². The molecular formula is C15H21NO2S. The van der Waals surface area contributed by atoms with Crippen LogP contribution in [0.3, 0.4) is 0 Å². The summed E-state index contributed by atoms with van der Waals surface area (Å²) in [6.07, 6.45) is 6.16. The van der Waals surface area contributed by atoms with E-state index >= 15 is 0 Å². The van der Waals surface area contributed by atoms with Gasteiger partial charge in [0, 0.05) is 17.8 Å². The normalized spacial score (nSPS) is 25.5. The maximum Gasteiger partial charge on any atom is 0.161 e. The molecule has 1 aliphatic carbocycles. The minimum absolute atomic E-state index is 0.655. The molecule has 2 aliphatic rings. The van der Waals surface area contributed by atoms with Gasteiger partial charge in [-0.3, -0.25) is 0 Å². The van der Waals surface area contributed by atoms with Gasteiger partial charge in [0.15, 0.2) is 11.5 Å². The molecule has 2 atom stereocenters. The molecule has 1 aromatic rings. The Bertz CT molecular complexity index is 438. The molecule has 4 heteroatoms. The second kappa shape index (κ2) is 6.06. The highest BCUT2D eigenvalue weighted by Crippen LogP contribution is 2.31. The molecule has 104 valence electrons. The summed E-state index contributed by atoms with van der Waals surface area (Å²) in [4.78, 5) is 0. The lowest BCUT2D eigenvalue weighted by atomic mass is 10.1. The van der Waals surface area contributed by atoms with Gasteiger partial charge in [0.1, 0.15) is 13.2 Å². The fourth-order valence-electron chi connectivity index (χ4n) is 2.80. The highest BCUT2D eigenvalue weighted by atomic mass is 32.2. The number of ether oxygens (including phenoxy) is 2. The van der Waals surface area contributed by atoms with Crippen LogP contribution in [0.1, 0.15) is 24.8 Å². The third-order valence-electron chi connectivity index (χ3n) is 3.92. The maximum absolute atomic E-state index is 5.61. The van der Waals surface area contributed by atoms with E-state index < -0.39 is 0 Å². The SMILES string of the molecule is CSC1CCC(NCc2ccc3c(c2)OCCO3)C1. The van der Waals surface area contributed by atoms with Gasteiger partial charge in [-0.25, -0.2) is 0 Å². The van der Waals surface area contributed by atoms with Crippen molar-refractivity contribution in [2.24, 2.45) is 0 Å². The topological polar surface area (TPSA) is 30.5 Å². The molecule has 0 aromatic heterocycles. The van der Waals surface area contributed by atoms with Crippen LogP contribution in [-0.4, -0.2) is 30.8 Å². The number of fused-ring (bicyclic) bond motifs is 1. The Morgan fingerprint density at radius 2 is 2.05 bits per heavy atom. The van der Waals surface area contributed by atoms with Crippen molar-refractivity contribution >= 4 is 11.8 Å². The zero-order chi connectivity index (χ0) is 13.1. The number of benzene rings is 1. The van der Waals surface area contributed by atoms with E-state index in [1.807, 2.05) is 17.8 Å². The summed E-state index contributed by atoms with van der Waals surface area (Å²) in [6, 6.07) is 6.92. The lowest BCUT2D eigenvalue weighted by Crippen LogP contribution is -2.26. The molecule has 1 aliphatic heterocycles. The smallest absolute Gasteiger partial charge is 0.161 e. The zero-order valence-electron chi connectivity index (χ0n) is 11.4. The summed E-state index contributed by atoms with van der Waals surface area (Å²) in [6.45, 7) is 2.23. The second-order valence-corrected chi connectivity index (χ2v) is 6.36. The number of hydrogen-bond acceptors (Lipinski definition) is 4. The van der Waals surface area contributed by atoms with Crippen molar-refractivity contribution < 1.29 is 9.47 Å². The van der Waals surface area contributed by atoms with Gasteiger partial charge in [0.2, 0.25) is 0 Å². The van der Waals surface area contributed by atoms with Crippen molar-refractivity contribution in [2.45, 2.75) is 37.1 Å². The Morgan fingerprint density at radius 3 is 2.84 bits per heavy atom. The van der Waals surface area contributed by atoms with Crippen LogP contribution in [0.5, 0.6) is 11.5 Å². The number of nitrogens with one attached hydrogen (secondary N) is 1. The van der Waals surface area contributed by atoms with E-state index in [4.69, 9.17) is 9.47 Å². The molecule has 0 radical (unpaired) electrons. The highest BCUT2D eigenvalue weighted by molar-refractivity contribution is 7.99. The lowest BCUT2D eigenvalue weighted by Gasteiger charge is -2.19. The summed E-state index contributed by atoms with van der Waals surface area (Å²) < 4.78 is 11.2. The van der Waals surface area contributed by atoms with Crippen molar-refractivity contribution in [3.05, 3.63) is 23.8 Å². The molecule has 1 heterocycles. The zero-order valence-corrected chi connectivity index (χ0v) is 12.2. The van der Waals surface area contributed by atoms with Gasteiger partial charge in [-0.05, 0) is 43.2 Å². The van der Waals surface area contributed by atoms with E-state index in [0.29, 0.717) is 19.3 Å². The van der Waals surface area contributed by atoms with Gasteiger partial charge >= 0.3 is 0 Å². The summed E-state index contributed by atoms with van der Waals surface area (Å²) in [5.41, 5.74) is 1.27. The first-order valence-corrected chi connectivity index (χ1v) is 8.28. The Balaban J connectivity index is 1.55. The quantitative estimate of drug-likeness (QED) is 0.918. The summed E-state index contributed by atoms with van der Waals surface area (Å²) in [5, 5.41) is 4.50. The third-order valence-corrected chi connectivity index (χ3v) is 5.01. The predicted molar refractivity (Wildman–Crippen MR) is 79.2 cm³/mol. The van der Waals surface area contributed by atoms with Crippen molar-refractivity contribution in [3.8, 4) is 11.5 Å². The molecule has 1 saturated carbocycles. The standard InChI is InChI=1S/C15H21NO2S/c1-19-13-4-3-12(9-13)16-10-11-2-5-14-15(8-11)18-7-6-17-14/h2,5,8,12-13,16H,3-4,6-7,9-10H2,1H3. The lowest BCUT2D eigenvalue weighted by molar-refractivity contribution is 0.171. The molecule has 3 rings (SSSR count). The van der Waals surface area contributed by atoms with Gasteiger partial charge in [-0.15, -0.1) is 0 Å². The van der Waals surface area contributed by atoms with E-state index in [1.54, 1.807) is 0 Å². The highest BCUT2D eigenvalue weighted by Gasteiger charge is 2.23. The molecule has 19 heavy (non-hydrogen) atoms. The van der Waals surface area contributed by atoms with Gasteiger partial charge < -0.3 is 14.8 Å². The molecule has 0 bridgehead atoms. The molecular weight excluding hydrogens is 258 g/mol. The van der Waals surface area contributed by atoms with Crippen LogP contribution in [0, 0.1) is 0 Å². The van der Waals surface area contributed by atoms with Crippen molar-refractivity contribution in [1.29, 1.82) is 0 Å². The molecule has 3 nitrogen and oxygen atoms in total. The first-order chi connectivity index (χ1) is 9.35. The summed E-state index contributed by atoms with van der Waals surface area (Å²) in [7, 11) is 0. The number of thioether (sulfide) groups is 1. The van der Waals surface area contributed by atoms with Crippen molar-refractivity contribution in [1.82, 2.24) is 5.32 Å². The molecule has 0 spiro atoms.